The topological polar surface area (TPSA) is 67.9 Å². The third-order valence-corrected chi connectivity index (χ3v) is 4.21. The molecular weight excluding hydrogens is 365 g/mol. The smallest absolute Gasteiger partial charge is 0.407 e. The molecule has 0 aliphatic carbocycles. The van der Waals surface area contributed by atoms with Crippen LogP contribution in [-0.4, -0.2) is 55.4 Å². The Labute approximate surface area is 155 Å². The zero-order valence-corrected chi connectivity index (χ0v) is 15.0. The number of halogens is 3. The molecule has 0 saturated carbocycles. The van der Waals surface area contributed by atoms with Crippen LogP contribution in [0.1, 0.15) is 18.9 Å². The van der Waals surface area contributed by atoms with Crippen molar-refractivity contribution in [2.75, 3.05) is 26.2 Å². The minimum atomic E-state index is -4.35. The molecule has 0 unspecified atom stereocenters. The second kappa shape index (κ2) is 9.59. The SMILES string of the molecule is CCOC(=O)[C@H]1CCN(CC(F)(F)F)C[C@H]1NC(=O)OCc1ccccc1. The van der Waals surface area contributed by atoms with Crippen LogP contribution in [0.5, 0.6) is 0 Å². The van der Waals surface area contributed by atoms with E-state index < -0.39 is 36.7 Å². The Bertz CT molecular complexity index is 625. The standard InChI is InChI=1S/C18H23F3N2O4/c1-2-26-16(24)14-8-9-23(12-18(19,20)21)10-15(14)22-17(25)27-11-13-6-4-3-5-7-13/h3-7,14-15H,2,8-12H2,1H3,(H,22,25)/t14-,15+/m0/s1. The highest BCUT2D eigenvalue weighted by Gasteiger charge is 2.40. The van der Waals surface area contributed by atoms with Crippen molar-refractivity contribution >= 4 is 12.1 Å². The number of carbonyl (C=O) groups excluding carboxylic acids is 2. The number of alkyl halides is 3. The van der Waals surface area contributed by atoms with E-state index in [2.05, 4.69) is 5.32 Å². The number of nitrogens with one attached hydrogen (secondary N) is 1. The fraction of sp³-hybridized carbons (Fsp3) is 0.556. The van der Waals surface area contributed by atoms with E-state index in [0.29, 0.717) is 0 Å². The predicted molar refractivity (Wildman–Crippen MR) is 90.8 cm³/mol. The van der Waals surface area contributed by atoms with Crippen LogP contribution in [-0.2, 0) is 20.9 Å². The average molecular weight is 388 g/mol. The third kappa shape index (κ3) is 7.09. The number of alkyl carbamates (subject to hydrolysis) is 1. The maximum atomic E-state index is 12.7. The van der Waals surface area contributed by atoms with Crippen molar-refractivity contribution < 1.29 is 32.2 Å². The Morgan fingerprint density at radius 3 is 2.56 bits per heavy atom. The zero-order chi connectivity index (χ0) is 19.9. The van der Waals surface area contributed by atoms with Crippen molar-refractivity contribution in [3.05, 3.63) is 35.9 Å². The fourth-order valence-electron chi connectivity index (χ4n) is 3.01. The van der Waals surface area contributed by atoms with Crippen molar-refractivity contribution in [3.8, 4) is 0 Å². The maximum absolute atomic E-state index is 12.7. The number of piperidine rings is 1. The molecule has 1 fully saturated rings. The normalized spacial score (nSPS) is 20.7. The molecule has 6 nitrogen and oxygen atoms in total. The van der Waals surface area contributed by atoms with Gasteiger partial charge in [-0.3, -0.25) is 9.69 Å². The van der Waals surface area contributed by atoms with Gasteiger partial charge in [-0.2, -0.15) is 13.2 Å². The molecule has 9 heteroatoms. The largest absolute Gasteiger partial charge is 0.466 e. The van der Waals surface area contributed by atoms with Gasteiger partial charge in [-0.1, -0.05) is 30.3 Å². The highest BCUT2D eigenvalue weighted by atomic mass is 19.4. The summed E-state index contributed by atoms with van der Waals surface area (Å²) in [6.07, 6.45) is -4.97. The van der Waals surface area contributed by atoms with Gasteiger partial charge in [-0.15, -0.1) is 0 Å². The molecule has 1 aliphatic rings. The van der Waals surface area contributed by atoms with E-state index in [1.807, 2.05) is 6.07 Å². The molecule has 150 valence electrons. The van der Waals surface area contributed by atoms with E-state index in [9.17, 15) is 22.8 Å². The summed E-state index contributed by atoms with van der Waals surface area (Å²) in [4.78, 5) is 25.3. The lowest BCUT2D eigenvalue weighted by Gasteiger charge is -2.37. The van der Waals surface area contributed by atoms with Crippen molar-refractivity contribution in [1.82, 2.24) is 10.2 Å². The number of carbonyl (C=O) groups is 2. The lowest BCUT2D eigenvalue weighted by molar-refractivity contribution is -0.157. The first kappa shape index (κ1) is 21.0. The summed E-state index contributed by atoms with van der Waals surface area (Å²) in [6, 6.07) is 8.15. The van der Waals surface area contributed by atoms with E-state index in [-0.39, 0.29) is 32.7 Å². The minimum Gasteiger partial charge on any atom is -0.466 e. The third-order valence-electron chi connectivity index (χ3n) is 4.21. The molecule has 1 saturated heterocycles. The summed E-state index contributed by atoms with van der Waals surface area (Å²) in [5, 5.41) is 2.52. The molecule has 0 aromatic heterocycles. The van der Waals surface area contributed by atoms with Crippen LogP contribution in [0.2, 0.25) is 0 Å². The van der Waals surface area contributed by atoms with Crippen LogP contribution in [0.15, 0.2) is 30.3 Å². The predicted octanol–water partition coefficient (Wildman–Crippen LogP) is 2.73. The molecule has 2 atom stereocenters. The number of amides is 1. The van der Waals surface area contributed by atoms with Crippen LogP contribution in [0, 0.1) is 5.92 Å². The van der Waals surface area contributed by atoms with Gasteiger partial charge in [-0.05, 0) is 25.5 Å². The Hall–Kier alpha value is -2.29. The van der Waals surface area contributed by atoms with Gasteiger partial charge in [0, 0.05) is 6.54 Å². The second-order valence-electron chi connectivity index (χ2n) is 6.31. The number of ether oxygens (including phenoxy) is 2. The fourth-order valence-corrected chi connectivity index (χ4v) is 3.01. The Morgan fingerprint density at radius 2 is 1.93 bits per heavy atom. The molecular formula is C18H23F3N2O4. The van der Waals surface area contributed by atoms with Gasteiger partial charge >= 0.3 is 18.2 Å². The minimum absolute atomic E-state index is 0.0235. The van der Waals surface area contributed by atoms with Crippen LogP contribution in [0.3, 0.4) is 0 Å². The molecule has 1 aromatic carbocycles. The number of nitrogens with zero attached hydrogens (tertiary/aromatic N) is 1. The summed E-state index contributed by atoms with van der Waals surface area (Å²) in [6.45, 7) is 0.721. The van der Waals surface area contributed by atoms with Gasteiger partial charge in [0.25, 0.3) is 0 Å². The van der Waals surface area contributed by atoms with Crippen molar-refractivity contribution in [2.45, 2.75) is 32.2 Å². The van der Waals surface area contributed by atoms with Crippen LogP contribution < -0.4 is 5.32 Å². The Balaban J connectivity index is 1.97. The number of esters is 1. The van der Waals surface area contributed by atoms with Gasteiger partial charge in [0.1, 0.15) is 6.61 Å². The molecule has 0 bridgehead atoms. The highest BCUT2D eigenvalue weighted by molar-refractivity contribution is 5.75. The first-order valence-electron chi connectivity index (χ1n) is 8.71. The van der Waals surface area contributed by atoms with Gasteiger partial charge < -0.3 is 14.8 Å². The summed E-state index contributed by atoms with van der Waals surface area (Å²) in [7, 11) is 0. The van der Waals surface area contributed by atoms with Crippen LogP contribution in [0.25, 0.3) is 0 Å². The van der Waals surface area contributed by atoms with Gasteiger partial charge in [0.2, 0.25) is 0 Å². The van der Waals surface area contributed by atoms with Crippen LogP contribution >= 0.6 is 0 Å². The lowest BCUT2D eigenvalue weighted by Crippen LogP contribution is -2.56. The monoisotopic (exact) mass is 388 g/mol. The molecule has 1 aromatic rings. The van der Waals surface area contributed by atoms with E-state index in [4.69, 9.17) is 9.47 Å². The summed E-state index contributed by atoms with van der Waals surface area (Å²) in [5.74, 6) is -1.24. The molecule has 27 heavy (non-hydrogen) atoms. The molecule has 1 heterocycles. The van der Waals surface area contributed by atoms with Crippen molar-refractivity contribution in [1.29, 1.82) is 0 Å². The van der Waals surface area contributed by atoms with E-state index in [1.54, 1.807) is 31.2 Å². The van der Waals surface area contributed by atoms with Gasteiger partial charge in [0.15, 0.2) is 0 Å². The quantitative estimate of drug-likeness (QED) is 0.759. The lowest BCUT2D eigenvalue weighted by atomic mass is 9.91. The molecule has 2 rings (SSSR count). The highest BCUT2D eigenvalue weighted by Crippen LogP contribution is 2.24. The molecule has 1 N–H and O–H groups in total. The average Bonchev–Trinajstić information content (AvgIpc) is 2.60. The summed E-state index contributed by atoms with van der Waals surface area (Å²) >= 11 is 0. The Kier molecular flexibility index (Phi) is 7.46. The number of benzene rings is 1. The van der Waals surface area contributed by atoms with E-state index in [1.165, 1.54) is 0 Å². The van der Waals surface area contributed by atoms with Gasteiger partial charge in [-0.25, -0.2) is 4.79 Å². The zero-order valence-electron chi connectivity index (χ0n) is 15.0. The summed E-state index contributed by atoms with van der Waals surface area (Å²) in [5.41, 5.74) is 0.775. The summed E-state index contributed by atoms with van der Waals surface area (Å²) < 4.78 is 48.1. The van der Waals surface area contributed by atoms with Crippen molar-refractivity contribution in [2.24, 2.45) is 5.92 Å². The molecule has 0 radical (unpaired) electrons. The van der Waals surface area contributed by atoms with Crippen molar-refractivity contribution in [3.63, 3.8) is 0 Å². The van der Waals surface area contributed by atoms with E-state index in [0.717, 1.165) is 10.5 Å². The number of hydrogen-bond donors (Lipinski definition) is 1. The maximum Gasteiger partial charge on any atom is 0.407 e. The second-order valence-corrected chi connectivity index (χ2v) is 6.31. The number of likely N-dealkylation sites (tertiary alicyclic amines) is 1. The molecule has 1 aliphatic heterocycles. The number of rotatable bonds is 6. The number of hydrogen-bond acceptors (Lipinski definition) is 5. The first-order chi connectivity index (χ1) is 12.8. The Morgan fingerprint density at radius 1 is 1.22 bits per heavy atom. The molecule has 1 amide bonds. The van der Waals surface area contributed by atoms with Crippen LogP contribution in [0.4, 0.5) is 18.0 Å². The molecule has 0 spiro atoms. The first-order valence-corrected chi connectivity index (χ1v) is 8.71. The van der Waals surface area contributed by atoms with E-state index >= 15 is 0 Å². The van der Waals surface area contributed by atoms with Gasteiger partial charge in [0.05, 0.1) is 25.1 Å².